The van der Waals surface area contributed by atoms with Gasteiger partial charge < -0.3 is 19.4 Å². The Kier molecular flexibility index (Phi) is 4.29. The van der Waals surface area contributed by atoms with Gasteiger partial charge in [0.2, 0.25) is 0 Å². The average molecular weight is 375 g/mol. The van der Waals surface area contributed by atoms with E-state index >= 15 is 0 Å². The summed E-state index contributed by atoms with van der Waals surface area (Å²) in [4.78, 5) is 13.0. The van der Waals surface area contributed by atoms with Gasteiger partial charge in [-0.25, -0.2) is 15.0 Å². The molecule has 2 atom stereocenters. The molecule has 1 N–H and O–H groups in total. The molecule has 0 radical (unpaired) electrons. The average Bonchev–Trinajstić information content (AvgIpc) is 3.38. The zero-order valence-corrected chi connectivity index (χ0v) is 15.6. The Morgan fingerprint density at radius 3 is 3.04 bits per heavy atom. The number of fused-ring (bicyclic) bond motifs is 2. The third-order valence-electron chi connectivity index (χ3n) is 5.13. The van der Waals surface area contributed by atoms with Crippen LogP contribution in [0.2, 0.25) is 0 Å². The minimum atomic E-state index is -0.0162. The normalized spacial score (nSPS) is 19.3. The first-order chi connectivity index (χ1) is 13.8. The van der Waals surface area contributed by atoms with E-state index in [-0.39, 0.29) is 12.3 Å². The molecule has 5 rings (SSSR count). The van der Waals surface area contributed by atoms with Crippen molar-refractivity contribution in [1.82, 2.24) is 19.5 Å². The fraction of sp³-hybridized carbons (Fsp3) is 0.286. The molecule has 3 aromatic heterocycles. The topological polar surface area (TPSA) is 74.1 Å². The van der Waals surface area contributed by atoms with Gasteiger partial charge in [-0.1, -0.05) is 0 Å². The van der Waals surface area contributed by atoms with Crippen molar-refractivity contribution in [3.8, 4) is 5.75 Å². The lowest BCUT2D eigenvalue weighted by molar-refractivity contribution is -0.0156. The highest BCUT2D eigenvalue weighted by atomic mass is 16.6. The van der Waals surface area contributed by atoms with E-state index in [4.69, 9.17) is 9.47 Å². The van der Waals surface area contributed by atoms with Crippen LogP contribution in [0.15, 0.2) is 55.1 Å². The Labute approximate surface area is 162 Å². The number of ether oxygens (including phenoxy) is 2. The third kappa shape index (κ3) is 3.14. The highest BCUT2D eigenvalue weighted by Gasteiger charge is 2.28. The lowest BCUT2D eigenvalue weighted by Gasteiger charge is -2.16. The first-order valence-electron chi connectivity index (χ1n) is 9.43. The molecule has 1 fully saturated rings. The van der Waals surface area contributed by atoms with Crippen LogP contribution >= 0.6 is 0 Å². The van der Waals surface area contributed by atoms with Gasteiger partial charge in [-0.15, -0.1) is 0 Å². The molecule has 142 valence electrons. The van der Waals surface area contributed by atoms with Gasteiger partial charge in [0.05, 0.1) is 11.6 Å². The second-order valence-corrected chi connectivity index (χ2v) is 6.93. The number of pyridine rings is 1. The van der Waals surface area contributed by atoms with E-state index in [1.807, 2.05) is 55.8 Å². The van der Waals surface area contributed by atoms with Gasteiger partial charge in [-0.3, -0.25) is 0 Å². The summed E-state index contributed by atoms with van der Waals surface area (Å²) in [5.74, 6) is 1.65. The van der Waals surface area contributed by atoms with Crippen LogP contribution < -0.4 is 10.1 Å². The molecule has 0 saturated carbocycles. The van der Waals surface area contributed by atoms with Gasteiger partial charge in [0.25, 0.3) is 0 Å². The second-order valence-electron chi connectivity index (χ2n) is 6.93. The van der Waals surface area contributed by atoms with Crippen molar-refractivity contribution in [3.05, 3.63) is 55.1 Å². The summed E-state index contributed by atoms with van der Waals surface area (Å²) in [6.45, 7) is 0.516. The van der Waals surface area contributed by atoms with Crippen LogP contribution in [0.1, 0.15) is 19.1 Å². The van der Waals surface area contributed by atoms with E-state index in [0.717, 1.165) is 46.3 Å². The second kappa shape index (κ2) is 7.09. The fourth-order valence-corrected chi connectivity index (χ4v) is 3.66. The molecular formula is C21H21N5O2. The van der Waals surface area contributed by atoms with Crippen LogP contribution in [0.5, 0.6) is 5.75 Å². The van der Waals surface area contributed by atoms with E-state index < -0.39 is 0 Å². The zero-order valence-electron chi connectivity index (χ0n) is 15.6. The van der Waals surface area contributed by atoms with Crippen molar-refractivity contribution in [3.63, 3.8) is 0 Å². The molecule has 7 nitrogen and oxygen atoms in total. The van der Waals surface area contributed by atoms with E-state index in [2.05, 4.69) is 24.8 Å². The maximum Gasteiger partial charge on any atom is 0.145 e. The summed E-state index contributed by atoms with van der Waals surface area (Å²) in [6.07, 6.45) is 7.33. The number of nitrogens with one attached hydrogen (secondary N) is 1. The number of aromatic nitrogens is 4. The summed E-state index contributed by atoms with van der Waals surface area (Å²) < 4.78 is 14.3. The molecule has 1 saturated heterocycles. The van der Waals surface area contributed by atoms with Crippen LogP contribution in [0.4, 0.5) is 5.82 Å². The molecule has 7 heteroatoms. The molecule has 4 aromatic rings. The van der Waals surface area contributed by atoms with Crippen molar-refractivity contribution in [2.45, 2.75) is 25.2 Å². The minimum Gasteiger partial charge on any atom is -0.491 e. The highest BCUT2D eigenvalue weighted by Crippen LogP contribution is 2.31. The van der Waals surface area contributed by atoms with Gasteiger partial charge in [0.15, 0.2) is 0 Å². The summed E-state index contributed by atoms with van der Waals surface area (Å²) in [7, 11) is 1.86. The van der Waals surface area contributed by atoms with E-state index in [1.54, 1.807) is 6.33 Å². The van der Waals surface area contributed by atoms with Crippen molar-refractivity contribution in [2.75, 3.05) is 19.0 Å². The Morgan fingerprint density at radius 2 is 2.11 bits per heavy atom. The molecule has 28 heavy (non-hydrogen) atoms. The summed E-state index contributed by atoms with van der Waals surface area (Å²) >= 11 is 0. The van der Waals surface area contributed by atoms with E-state index in [1.165, 1.54) is 0 Å². The lowest BCUT2D eigenvalue weighted by Crippen LogP contribution is -2.18. The van der Waals surface area contributed by atoms with Gasteiger partial charge in [-0.05, 0) is 43.2 Å². The summed E-state index contributed by atoms with van der Waals surface area (Å²) in [5.41, 5.74) is 1.82. The Balaban J connectivity index is 1.26. The molecule has 0 amide bonds. The smallest absolute Gasteiger partial charge is 0.145 e. The third-order valence-corrected chi connectivity index (χ3v) is 5.13. The van der Waals surface area contributed by atoms with Crippen LogP contribution in [0, 0.1) is 0 Å². The van der Waals surface area contributed by atoms with Crippen molar-refractivity contribution in [1.29, 1.82) is 0 Å². The Bertz CT molecular complexity index is 1130. The molecule has 0 bridgehead atoms. The quantitative estimate of drug-likeness (QED) is 0.572. The molecule has 1 aliphatic heterocycles. The maximum absolute atomic E-state index is 6.21. The fourth-order valence-electron chi connectivity index (χ4n) is 3.66. The van der Waals surface area contributed by atoms with Crippen LogP contribution in [-0.4, -0.2) is 39.3 Å². The first-order valence-corrected chi connectivity index (χ1v) is 9.43. The predicted molar refractivity (Wildman–Crippen MR) is 107 cm³/mol. The van der Waals surface area contributed by atoms with Crippen LogP contribution in [-0.2, 0) is 4.74 Å². The number of hydrogen-bond donors (Lipinski definition) is 1. The molecule has 1 aromatic carbocycles. The van der Waals surface area contributed by atoms with E-state index in [9.17, 15) is 0 Å². The van der Waals surface area contributed by atoms with Crippen molar-refractivity contribution in [2.24, 2.45) is 0 Å². The Morgan fingerprint density at radius 1 is 1.18 bits per heavy atom. The standard InChI is InChI=1S/C21H21N5O2/c1-22-19-6-3-14-2-4-16(10-18(14)25-19)27-12-17-5-7-20(28-17)26-9-8-15-11-23-13-24-21(15)26/h2-4,6,8-11,13,17,20H,5,7,12H2,1H3,(H,22,25). The number of benzene rings is 1. The van der Waals surface area contributed by atoms with Crippen molar-refractivity contribution < 1.29 is 9.47 Å². The SMILES string of the molecule is CNc1ccc2ccc(OCC3CCC(n4ccc5cncnc54)O3)cc2n1. The lowest BCUT2D eigenvalue weighted by atomic mass is 10.2. The summed E-state index contributed by atoms with van der Waals surface area (Å²) in [6, 6.07) is 12.0. The molecule has 0 spiro atoms. The van der Waals surface area contributed by atoms with Gasteiger partial charge >= 0.3 is 0 Å². The monoisotopic (exact) mass is 375 g/mol. The Hall–Kier alpha value is -3.19. The maximum atomic E-state index is 6.21. The van der Waals surface area contributed by atoms with Crippen LogP contribution in [0.25, 0.3) is 21.9 Å². The minimum absolute atomic E-state index is 0.0162. The molecule has 4 heterocycles. The predicted octanol–water partition coefficient (Wildman–Crippen LogP) is 3.78. The van der Waals surface area contributed by atoms with Gasteiger partial charge in [-0.2, -0.15) is 0 Å². The zero-order chi connectivity index (χ0) is 18.9. The molecule has 2 unspecified atom stereocenters. The summed E-state index contributed by atoms with van der Waals surface area (Å²) in [5, 5.41) is 5.17. The number of hydrogen-bond acceptors (Lipinski definition) is 6. The molecule has 0 aliphatic carbocycles. The number of anilines is 1. The first kappa shape index (κ1) is 16.9. The van der Waals surface area contributed by atoms with Crippen LogP contribution in [0.3, 0.4) is 0 Å². The van der Waals surface area contributed by atoms with Gasteiger partial charge in [0.1, 0.15) is 36.4 Å². The van der Waals surface area contributed by atoms with Crippen molar-refractivity contribution >= 4 is 27.8 Å². The largest absolute Gasteiger partial charge is 0.491 e. The molecular weight excluding hydrogens is 354 g/mol. The van der Waals surface area contributed by atoms with E-state index in [0.29, 0.717) is 6.61 Å². The van der Waals surface area contributed by atoms with Gasteiger partial charge in [0, 0.05) is 36.3 Å². The molecule has 1 aliphatic rings. The number of rotatable bonds is 5. The highest BCUT2D eigenvalue weighted by molar-refractivity contribution is 5.81. The number of nitrogens with zero attached hydrogens (tertiary/aromatic N) is 4.